The summed E-state index contributed by atoms with van der Waals surface area (Å²) in [5.41, 5.74) is 1.86. The lowest BCUT2D eigenvalue weighted by Crippen LogP contribution is -2.27. The molecule has 0 radical (unpaired) electrons. The average Bonchev–Trinajstić information content (AvgIpc) is 3.07. The zero-order chi connectivity index (χ0) is 19.8. The van der Waals surface area contributed by atoms with Gasteiger partial charge in [0.15, 0.2) is 5.16 Å². The van der Waals surface area contributed by atoms with E-state index in [1.54, 1.807) is 11.8 Å². The van der Waals surface area contributed by atoms with Crippen LogP contribution in [0.2, 0.25) is 5.02 Å². The topological polar surface area (TPSA) is 70.7 Å². The molecule has 0 atom stereocenters. The van der Waals surface area contributed by atoms with Crippen LogP contribution in [0.3, 0.4) is 0 Å². The van der Waals surface area contributed by atoms with E-state index in [-0.39, 0.29) is 5.91 Å². The number of amides is 1. The number of thioether (sulfide) groups is 2. The second kappa shape index (κ2) is 10.4. The maximum Gasteiger partial charge on any atom is 0.230 e. The van der Waals surface area contributed by atoms with Crippen LogP contribution in [0.4, 0.5) is 0 Å². The molecule has 0 bridgehead atoms. The van der Waals surface area contributed by atoms with Crippen molar-refractivity contribution >= 4 is 52.1 Å². The number of hydrogen-bond donors (Lipinski definition) is 1. The largest absolute Gasteiger partial charge is 0.355 e. The molecule has 1 aromatic heterocycles. The van der Waals surface area contributed by atoms with Gasteiger partial charge in [0, 0.05) is 28.8 Å². The molecule has 0 aliphatic carbocycles. The number of carbonyl (C=O) groups is 1. The second-order valence-electron chi connectivity index (χ2n) is 5.88. The number of carbonyl (C=O) groups excluding carboxylic acids is 1. The SMILES string of the molecule is N#CCCn1c(SCC(=O)NCCSc2ccc(Cl)cc2)nc2ccccc21. The Morgan fingerprint density at radius 1 is 1.18 bits per heavy atom. The number of halogens is 1. The summed E-state index contributed by atoms with van der Waals surface area (Å²) in [7, 11) is 0. The Kier molecular flexibility index (Phi) is 7.66. The molecule has 1 N–H and O–H groups in total. The molecule has 3 rings (SSSR count). The van der Waals surface area contributed by atoms with Crippen LogP contribution in [0.15, 0.2) is 58.6 Å². The molecule has 0 fully saturated rings. The van der Waals surface area contributed by atoms with Crippen LogP contribution < -0.4 is 5.32 Å². The van der Waals surface area contributed by atoms with Crippen molar-refractivity contribution in [2.45, 2.75) is 23.0 Å². The number of para-hydroxylation sites is 2. The smallest absolute Gasteiger partial charge is 0.230 e. The molecule has 28 heavy (non-hydrogen) atoms. The number of hydrogen-bond acceptors (Lipinski definition) is 5. The third-order valence-electron chi connectivity index (χ3n) is 3.91. The number of nitrogens with zero attached hydrogens (tertiary/aromatic N) is 3. The molecule has 1 amide bonds. The van der Waals surface area contributed by atoms with E-state index < -0.39 is 0 Å². The fourth-order valence-corrected chi connectivity index (χ4v) is 4.38. The van der Waals surface area contributed by atoms with Gasteiger partial charge in [-0.25, -0.2) is 4.98 Å². The number of nitrogens with one attached hydrogen (secondary N) is 1. The van der Waals surface area contributed by atoms with Crippen LogP contribution in [0, 0.1) is 11.3 Å². The lowest BCUT2D eigenvalue weighted by Gasteiger charge is -2.07. The lowest BCUT2D eigenvalue weighted by atomic mass is 10.3. The standard InChI is InChI=1S/C20H19ClN4OS2/c21-15-6-8-16(9-7-15)27-13-11-23-19(26)14-28-20-24-17-4-1-2-5-18(17)25(20)12-3-10-22/h1-2,4-9H,3,11-14H2,(H,23,26). The Hall–Kier alpha value is -2.14. The molecule has 0 aliphatic rings. The molecule has 8 heteroatoms. The minimum atomic E-state index is -0.0272. The van der Waals surface area contributed by atoms with Gasteiger partial charge in [-0.15, -0.1) is 11.8 Å². The molecule has 0 saturated heterocycles. The van der Waals surface area contributed by atoms with E-state index in [1.807, 2.05) is 53.1 Å². The summed E-state index contributed by atoms with van der Waals surface area (Å²) in [6.45, 7) is 1.16. The first-order valence-electron chi connectivity index (χ1n) is 8.77. The molecular weight excluding hydrogens is 412 g/mol. The van der Waals surface area contributed by atoms with Gasteiger partial charge in [-0.2, -0.15) is 5.26 Å². The molecular formula is C20H19ClN4OS2. The van der Waals surface area contributed by atoms with E-state index in [4.69, 9.17) is 16.9 Å². The van der Waals surface area contributed by atoms with Gasteiger partial charge in [0.1, 0.15) is 0 Å². The summed E-state index contributed by atoms with van der Waals surface area (Å²) < 4.78 is 2.01. The van der Waals surface area contributed by atoms with Gasteiger partial charge in [0.05, 0.1) is 29.3 Å². The molecule has 1 heterocycles. The highest BCUT2D eigenvalue weighted by Crippen LogP contribution is 2.24. The summed E-state index contributed by atoms with van der Waals surface area (Å²) in [6, 6.07) is 17.6. The van der Waals surface area contributed by atoms with Gasteiger partial charge < -0.3 is 9.88 Å². The first kappa shape index (κ1) is 20.6. The predicted molar refractivity (Wildman–Crippen MR) is 116 cm³/mol. The van der Waals surface area contributed by atoms with Crippen LogP contribution >= 0.6 is 35.1 Å². The number of aryl methyl sites for hydroxylation is 1. The quantitative estimate of drug-likeness (QED) is 0.396. The second-order valence-corrected chi connectivity index (χ2v) is 8.43. The van der Waals surface area contributed by atoms with E-state index in [1.165, 1.54) is 11.8 Å². The minimum Gasteiger partial charge on any atom is -0.355 e. The summed E-state index contributed by atoms with van der Waals surface area (Å²) in [6.07, 6.45) is 0.405. The van der Waals surface area contributed by atoms with Crippen LogP contribution in [0.1, 0.15) is 6.42 Å². The number of benzene rings is 2. The van der Waals surface area contributed by atoms with Crippen LogP contribution in [-0.4, -0.2) is 33.5 Å². The highest BCUT2D eigenvalue weighted by molar-refractivity contribution is 7.99. The monoisotopic (exact) mass is 430 g/mol. The van der Waals surface area contributed by atoms with Crippen molar-refractivity contribution in [2.24, 2.45) is 0 Å². The normalized spacial score (nSPS) is 10.7. The molecule has 0 saturated carbocycles. The van der Waals surface area contributed by atoms with Crippen molar-refractivity contribution in [1.29, 1.82) is 5.26 Å². The molecule has 3 aromatic rings. The summed E-state index contributed by atoms with van der Waals surface area (Å²) >= 11 is 8.94. The van der Waals surface area contributed by atoms with Crippen molar-refractivity contribution in [3.8, 4) is 6.07 Å². The van der Waals surface area contributed by atoms with Crippen LogP contribution in [0.25, 0.3) is 11.0 Å². The van der Waals surface area contributed by atoms with E-state index in [9.17, 15) is 4.79 Å². The number of fused-ring (bicyclic) bond motifs is 1. The van der Waals surface area contributed by atoms with E-state index in [0.717, 1.165) is 31.9 Å². The van der Waals surface area contributed by atoms with Crippen molar-refractivity contribution < 1.29 is 4.79 Å². The maximum absolute atomic E-state index is 12.2. The van der Waals surface area contributed by atoms with Crippen molar-refractivity contribution in [3.63, 3.8) is 0 Å². The molecule has 5 nitrogen and oxygen atoms in total. The third-order valence-corrected chi connectivity index (χ3v) is 6.15. The van der Waals surface area contributed by atoms with Gasteiger partial charge >= 0.3 is 0 Å². The molecule has 0 unspecified atom stereocenters. The summed E-state index contributed by atoms with van der Waals surface area (Å²) in [4.78, 5) is 17.9. The van der Waals surface area contributed by atoms with Crippen molar-refractivity contribution in [2.75, 3.05) is 18.1 Å². The summed E-state index contributed by atoms with van der Waals surface area (Å²) in [5, 5.41) is 13.3. The number of rotatable bonds is 9. The van der Waals surface area contributed by atoms with Crippen LogP contribution in [-0.2, 0) is 11.3 Å². The highest BCUT2D eigenvalue weighted by atomic mass is 35.5. The Labute approximate surface area is 177 Å². The average molecular weight is 431 g/mol. The van der Waals surface area contributed by atoms with Crippen LogP contribution in [0.5, 0.6) is 0 Å². The molecule has 0 spiro atoms. The highest BCUT2D eigenvalue weighted by Gasteiger charge is 2.12. The zero-order valence-electron chi connectivity index (χ0n) is 15.1. The first-order chi connectivity index (χ1) is 13.7. The first-order valence-corrected chi connectivity index (χ1v) is 11.1. The van der Waals surface area contributed by atoms with Gasteiger partial charge in [-0.05, 0) is 36.4 Å². The maximum atomic E-state index is 12.2. The van der Waals surface area contributed by atoms with E-state index in [2.05, 4.69) is 16.4 Å². The summed E-state index contributed by atoms with van der Waals surface area (Å²) in [5.74, 6) is 1.06. The lowest BCUT2D eigenvalue weighted by molar-refractivity contribution is -0.118. The third kappa shape index (κ3) is 5.68. The predicted octanol–water partition coefficient (Wildman–Crippen LogP) is 4.60. The number of aromatic nitrogens is 2. The van der Waals surface area contributed by atoms with Gasteiger partial charge in [0.2, 0.25) is 5.91 Å². The fourth-order valence-electron chi connectivity index (χ4n) is 2.61. The number of imidazole rings is 1. The van der Waals surface area contributed by atoms with Gasteiger partial charge in [-0.3, -0.25) is 4.79 Å². The van der Waals surface area contributed by atoms with Crippen molar-refractivity contribution in [1.82, 2.24) is 14.9 Å². The van der Waals surface area contributed by atoms with E-state index in [0.29, 0.717) is 25.3 Å². The number of nitriles is 1. The van der Waals surface area contributed by atoms with Gasteiger partial charge in [0.25, 0.3) is 0 Å². The zero-order valence-corrected chi connectivity index (χ0v) is 17.5. The van der Waals surface area contributed by atoms with Crippen molar-refractivity contribution in [3.05, 3.63) is 53.6 Å². The Morgan fingerprint density at radius 2 is 1.96 bits per heavy atom. The fraction of sp³-hybridized carbons (Fsp3) is 0.250. The Morgan fingerprint density at radius 3 is 2.75 bits per heavy atom. The van der Waals surface area contributed by atoms with Gasteiger partial charge in [-0.1, -0.05) is 35.5 Å². The Balaban J connectivity index is 1.48. The Bertz CT molecular complexity index is 982. The minimum absolute atomic E-state index is 0.0272. The molecule has 0 aliphatic heterocycles. The molecule has 2 aromatic carbocycles. The van der Waals surface area contributed by atoms with E-state index >= 15 is 0 Å². The molecule has 144 valence electrons.